The molecule has 0 aromatic heterocycles. The van der Waals surface area contributed by atoms with E-state index in [4.69, 9.17) is 4.74 Å². The zero-order chi connectivity index (χ0) is 13.0. The van der Waals surface area contributed by atoms with E-state index in [1.807, 2.05) is 37.3 Å². The molecule has 0 radical (unpaired) electrons. The van der Waals surface area contributed by atoms with E-state index in [2.05, 4.69) is 12.2 Å². The molecule has 0 spiro atoms. The Morgan fingerprint density at radius 1 is 1.44 bits per heavy atom. The van der Waals surface area contributed by atoms with Gasteiger partial charge in [0.15, 0.2) is 0 Å². The van der Waals surface area contributed by atoms with Crippen molar-refractivity contribution in [1.29, 1.82) is 0 Å². The highest BCUT2D eigenvalue weighted by Crippen LogP contribution is 2.20. The number of aliphatic hydroxyl groups is 1. The molecular weight excluding hydrogens is 226 g/mol. The van der Waals surface area contributed by atoms with Crippen molar-refractivity contribution in [2.24, 2.45) is 0 Å². The first-order chi connectivity index (χ1) is 8.59. The molecule has 1 saturated heterocycles. The summed E-state index contributed by atoms with van der Waals surface area (Å²) < 4.78 is 5.64. The van der Waals surface area contributed by atoms with E-state index in [0.29, 0.717) is 6.54 Å². The molecule has 1 fully saturated rings. The molecule has 18 heavy (non-hydrogen) atoms. The summed E-state index contributed by atoms with van der Waals surface area (Å²) in [5, 5.41) is 13.9. The van der Waals surface area contributed by atoms with E-state index in [-0.39, 0.29) is 12.1 Å². The molecule has 2 rings (SSSR count). The third-order valence-electron chi connectivity index (χ3n) is 3.69. The second-order valence-corrected chi connectivity index (χ2v) is 5.36. The van der Waals surface area contributed by atoms with Crippen LogP contribution in [0.4, 0.5) is 0 Å². The van der Waals surface area contributed by atoms with Gasteiger partial charge >= 0.3 is 0 Å². The first-order valence-electron chi connectivity index (χ1n) is 6.72. The van der Waals surface area contributed by atoms with Crippen LogP contribution < -0.4 is 5.32 Å². The van der Waals surface area contributed by atoms with Crippen molar-refractivity contribution in [3.63, 3.8) is 0 Å². The smallest absolute Gasteiger partial charge is 0.0992 e. The summed E-state index contributed by atoms with van der Waals surface area (Å²) in [4.78, 5) is 0. The van der Waals surface area contributed by atoms with Crippen molar-refractivity contribution in [3.8, 4) is 0 Å². The van der Waals surface area contributed by atoms with Crippen LogP contribution in [0.1, 0.15) is 32.3 Å². The van der Waals surface area contributed by atoms with E-state index in [1.165, 1.54) is 0 Å². The van der Waals surface area contributed by atoms with Gasteiger partial charge < -0.3 is 15.2 Å². The van der Waals surface area contributed by atoms with Crippen LogP contribution in [0.15, 0.2) is 30.3 Å². The molecule has 0 saturated carbocycles. The van der Waals surface area contributed by atoms with Gasteiger partial charge in [-0.3, -0.25) is 0 Å². The van der Waals surface area contributed by atoms with E-state index in [9.17, 15) is 5.11 Å². The van der Waals surface area contributed by atoms with Crippen LogP contribution in [0.5, 0.6) is 0 Å². The Hall–Kier alpha value is -0.900. The summed E-state index contributed by atoms with van der Waals surface area (Å²) in [6, 6.07) is 10.1. The lowest BCUT2D eigenvalue weighted by molar-refractivity contribution is 0.0379. The van der Waals surface area contributed by atoms with Gasteiger partial charge in [0.05, 0.1) is 11.7 Å². The van der Waals surface area contributed by atoms with E-state index in [0.717, 1.165) is 25.0 Å². The molecule has 1 heterocycles. The lowest BCUT2D eigenvalue weighted by atomic mass is 9.95. The van der Waals surface area contributed by atoms with Gasteiger partial charge in [-0.05, 0) is 32.3 Å². The van der Waals surface area contributed by atoms with E-state index >= 15 is 0 Å². The Kier molecular flexibility index (Phi) is 4.38. The summed E-state index contributed by atoms with van der Waals surface area (Å²) in [5.41, 5.74) is 0.103. The number of nitrogens with one attached hydrogen (secondary N) is 1. The molecule has 0 aliphatic carbocycles. The van der Waals surface area contributed by atoms with Gasteiger partial charge in [-0.25, -0.2) is 0 Å². The third-order valence-corrected chi connectivity index (χ3v) is 3.69. The quantitative estimate of drug-likeness (QED) is 0.839. The van der Waals surface area contributed by atoms with Crippen molar-refractivity contribution in [3.05, 3.63) is 35.9 Å². The van der Waals surface area contributed by atoms with Crippen LogP contribution in [0.25, 0.3) is 0 Å². The normalized spacial score (nSPS) is 24.7. The van der Waals surface area contributed by atoms with Crippen LogP contribution in [0, 0.1) is 0 Å². The molecule has 100 valence electrons. The third kappa shape index (κ3) is 3.31. The molecule has 3 atom stereocenters. The summed E-state index contributed by atoms with van der Waals surface area (Å²) in [6.45, 7) is 5.37. The molecule has 3 nitrogen and oxygen atoms in total. The Morgan fingerprint density at radius 2 is 2.17 bits per heavy atom. The largest absolute Gasteiger partial charge is 0.384 e. The number of rotatable bonds is 5. The average molecular weight is 249 g/mol. The Balaban J connectivity index is 1.88. The summed E-state index contributed by atoms with van der Waals surface area (Å²) in [7, 11) is 0. The number of ether oxygens (including phenoxy) is 1. The van der Waals surface area contributed by atoms with Crippen molar-refractivity contribution >= 4 is 0 Å². The minimum absolute atomic E-state index is 0.280. The Morgan fingerprint density at radius 3 is 2.78 bits per heavy atom. The Bertz CT molecular complexity index is 358. The molecule has 3 heteroatoms. The molecule has 1 aromatic carbocycles. The molecule has 0 bridgehead atoms. The average Bonchev–Trinajstić information content (AvgIpc) is 2.91. The molecule has 1 aliphatic heterocycles. The van der Waals surface area contributed by atoms with Crippen LogP contribution in [-0.2, 0) is 10.3 Å². The highest BCUT2D eigenvalue weighted by Gasteiger charge is 2.27. The standard InChI is InChI=1S/C15H23NO2/c1-12(14-9-6-10-18-14)16-11-15(2,17)13-7-4-3-5-8-13/h3-5,7-8,12,14,16-17H,6,9-11H2,1-2H3. The molecule has 3 unspecified atom stereocenters. The van der Waals surface area contributed by atoms with Gasteiger partial charge in [0, 0.05) is 19.2 Å². The maximum absolute atomic E-state index is 10.5. The Labute approximate surface area is 109 Å². The van der Waals surface area contributed by atoms with Gasteiger partial charge in [-0.2, -0.15) is 0 Å². The zero-order valence-corrected chi connectivity index (χ0v) is 11.2. The van der Waals surface area contributed by atoms with Gasteiger partial charge in [0.1, 0.15) is 0 Å². The summed E-state index contributed by atoms with van der Waals surface area (Å²) in [5.74, 6) is 0. The van der Waals surface area contributed by atoms with Gasteiger partial charge in [0.2, 0.25) is 0 Å². The van der Waals surface area contributed by atoms with E-state index in [1.54, 1.807) is 0 Å². The van der Waals surface area contributed by atoms with Crippen LogP contribution >= 0.6 is 0 Å². The molecule has 0 amide bonds. The van der Waals surface area contributed by atoms with Crippen molar-refractivity contribution in [2.45, 2.75) is 44.4 Å². The number of benzene rings is 1. The summed E-state index contributed by atoms with van der Waals surface area (Å²) >= 11 is 0. The number of hydrogen-bond acceptors (Lipinski definition) is 3. The number of hydrogen-bond donors (Lipinski definition) is 2. The first-order valence-corrected chi connectivity index (χ1v) is 6.72. The lowest BCUT2D eigenvalue weighted by Gasteiger charge is -2.28. The maximum atomic E-state index is 10.5. The van der Waals surface area contributed by atoms with Crippen LogP contribution in [-0.4, -0.2) is 30.4 Å². The molecule has 1 aromatic rings. The predicted octanol–water partition coefficient (Wildman–Crippen LogP) is 2.05. The highest BCUT2D eigenvalue weighted by atomic mass is 16.5. The monoisotopic (exact) mass is 249 g/mol. The van der Waals surface area contributed by atoms with Gasteiger partial charge in [-0.1, -0.05) is 30.3 Å². The maximum Gasteiger partial charge on any atom is 0.0992 e. The predicted molar refractivity (Wildman–Crippen MR) is 72.5 cm³/mol. The van der Waals surface area contributed by atoms with Crippen molar-refractivity contribution in [2.75, 3.05) is 13.2 Å². The molecular formula is C15H23NO2. The van der Waals surface area contributed by atoms with Gasteiger partial charge in [0.25, 0.3) is 0 Å². The fourth-order valence-electron chi connectivity index (χ4n) is 2.39. The van der Waals surface area contributed by atoms with Crippen LogP contribution in [0.2, 0.25) is 0 Å². The summed E-state index contributed by atoms with van der Waals surface area (Å²) in [6.07, 6.45) is 2.55. The lowest BCUT2D eigenvalue weighted by Crippen LogP contribution is -2.44. The highest BCUT2D eigenvalue weighted by molar-refractivity contribution is 5.21. The second-order valence-electron chi connectivity index (χ2n) is 5.36. The van der Waals surface area contributed by atoms with Crippen LogP contribution in [0.3, 0.4) is 0 Å². The van der Waals surface area contributed by atoms with Crippen molar-refractivity contribution < 1.29 is 9.84 Å². The molecule has 2 N–H and O–H groups in total. The minimum Gasteiger partial charge on any atom is -0.384 e. The second kappa shape index (κ2) is 5.83. The first kappa shape index (κ1) is 13.5. The topological polar surface area (TPSA) is 41.5 Å². The van der Waals surface area contributed by atoms with Crippen molar-refractivity contribution in [1.82, 2.24) is 5.32 Å². The zero-order valence-electron chi connectivity index (χ0n) is 11.2. The minimum atomic E-state index is -0.839. The SMILES string of the molecule is CC(NCC(C)(O)c1ccccc1)C1CCCO1. The van der Waals surface area contributed by atoms with E-state index < -0.39 is 5.60 Å². The molecule has 1 aliphatic rings. The fourth-order valence-corrected chi connectivity index (χ4v) is 2.39. The van der Waals surface area contributed by atoms with Gasteiger partial charge in [-0.15, -0.1) is 0 Å². The fraction of sp³-hybridized carbons (Fsp3) is 0.600.